The van der Waals surface area contributed by atoms with E-state index in [1.54, 1.807) is 26.4 Å². The maximum absolute atomic E-state index is 13.2. The monoisotopic (exact) mass is 397 g/mol. The van der Waals surface area contributed by atoms with Crippen LogP contribution in [0.2, 0.25) is 0 Å². The van der Waals surface area contributed by atoms with Gasteiger partial charge in [-0.05, 0) is 30.2 Å². The number of hydrazine groups is 1. The second-order valence-corrected chi connectivity index (χ2v) is 7.47. The van der Waals surface area contributed by atoms with E-state index in [2.05, 4.69) is 17.8 Å². The van der Waals surface area contributed by atoms with Crippen LogP contribution >= 0.6 is 0 Å². The van der Waals surface area contributed by atoms with Gasteiger partial charge >= 0.3 is 0 Å². The van der Waals surface area contributed by atoms with E-state index in [0.717, 1.165) is 17.5 Å². The molecule has 2 aromatic carbocycles. The largest absolute Gasteiger partial charge is 0.508 e. The zero-order chi connectivity index (χ0) is 20.5. The van der Waals surface area contributed by atoms with Crippen molar-refractivity contribution in [2.24, 2.45) is 5.92 Å². The van der Waals surface area contributed by atoms with E-state index in [4.69, 9.17) is 9.47 Å². The third-order valence-corrected chi connectivity index (χ3v) is 5.90. The number of nitrogens with zero attached hydrogens (tertiary/aromatic N) is 1. The molecule has 0 saturated carbocycles. The minimum atomic E-state index is -0.357. The second kappa shape index (κ2) is 7.93. The Kier molecular flexibility index (Phi) is 5.34. The molecule has 2 fully saturated rings. The number of amides is 1. The molecule has 1 amide bonds. The minimum absolute atomic E-state index is 0.0713. The van der Waals surface area contributed by atoms with Gasteiger partial charge in [0.15, 0.2) is 11.5 Å². The van der Waals surface area contributed by atoms with Gasteiger partial charge in [0.2, 0.25) is 5.91 Å². The van der Waals surface area contributed by atoms with Gasteiger partial charge in [-0.25, -0.2) is 10.9 Å². The third-order valence-electron chi connectivity index (χ3n) is 5.90. The smallest absolute Gasteiger partial charge is 0.242 e. The summed E-state index contributed by atoms with van der Waals surface area (Å²) in [4.78, 5) is 15.1. The van der Waals surface area contributed by atoms with Crippen molar-refractivity contribution in [2.45, 2.75) is 31.5 Å². The number of ether oxygens (including phenoxy) is 2. The summed E-state index contributed by atoms with van der Waals surface area (Å²) in [5.74, 6) is 1.50. The number of hydrogen-bond acceptors (Lipinski definition) is 6. The van der Waals surface area contributed by atoms with Crippen LogP contribution in [0.5, 0.6) is 17.2 Å². The number of carbonyl (C=O) groups excluding carboxylic acids is 1. The molecule has 4 unspecified atom stereocenters. The molecule has 0 bridgehead atoms. The highest BCUT2D eigenvalue weighted by Gasteiger charge is 2.55. The van der Waals surface area contributed by atoms with E-state index >= 15 is 0 Å². The topological polar surface area (TPSA) is 83.1 Å². The molecule has 2 aromatic rings. The van der Waals surface area contributed by atoms with Gasteiger partial charge in [-0.3, -0.25) is 4.79 Å². The van der Waals surface area contributed by atoms with Crippen molar-refractivity contribution >= 4 is 5.91 Å². The van der Waals surface area contributed by atoms with Crippen molar-refractivity contribution in [2.75, 3.05) is 20.8 Å². The van der Waals surface area contributed by atoms with Crippen LogP contribution in [0, 0.1) is 5.92 Å². The van der Waals surface area contributed by atoms with E-state index in [1.807, 2.05) is 35.2 Å². The highest BCUT2D eigenvalue weighted by Crippen LogP contribution is 2.49. The number of fused-ring (bicyclic) bond motifs is 1. The summed E-state index contributed by atoms with van der Waals surface area (Å²) in [6, 6.07) is 12.4. The predicted molar refractivity (Wildman–Crippen MR) is 109 cm³/mol. The molecule has 4 rings (SSSR count). The first-order valence-electron chi connectivity index (χ1n) is 9.92. The fraction of sp³-hybridized carbons (Fsp3) is 0.409. The third kappa shape index (κ3) is 3.20. The zero-order valence-electron chi connectivity index (χ0n) is 16.9. The number of carbonyl (C=O) groups is 1. The maximum atomic E-state index is 13.2. The molecule has 2 aliphatic heterocycles. The number of methoxy groups -OCH3 is 2. The number of aromatic hydroxyl groups is 1. The molecule has 3 N–H and O–H groups in total. The number of rotatable bonds is 6. The highest BCUT2D eigenvalue weighted by atomic mass is 16.5. The van der Waals surface area contributed by atoms with Gasteiger partial charge in [0.1, 0.15) is 11.8 Å². The Bertz CT molecular complexity index is 903. The molecule has 0 aliphatic carbocycles. The summed E-state index contributed by atoms with van der Waals surface area (Å²) >= 11 is 0. The summed E-state index contributed by atoms with van der Waals surface area (Å²) in [7, 11) is 3.21. The molecule has 7 heteroatoms. The van der Waals surface area contributed by atoms with Crippen LogP contribution in [0.25, 0.3) is 0 Å². The summed E-state index contributed by atoms with van der Waals surface area (Å²) < 4.78 is 10.9. The number of phenolic OH excluding ortho intramolecular Hbond substituents is 1. The Morgan fingerprint density at radius 2 is 1.76 bits per heavy atom. The van der Waals surface area contributed by atoms with Gasteiger partial charge in [0.05, 0.1) is 26.3 Å². The summed E-state index contributed by atoms with van der Waals surface area (Å²) in [6.07, 6.45) is 0.865. The molecular weight excluding hydrogens is 370 g/mol. The zero-order valence-corrected chi connectivity index (χ0v) is 16.9. The number of para-hydroxylation sites is 1. The fourth-order valence-electron chi connectivity index (χ4n) is 4.64. The van der Waals surface area contributed by atoms with E-state index in [0.29, 0.717) is 18.0 Å². The molecule has 7 nitrogen and oxygen atoms in total. The summed E-state index contributed by atoms with van der Waals surface area (Å²) in [5.41, 5.74) is 8.19. The van der Waals surface area contributed by atoms with Gasteiger partial charge in [-0.15, -0.1) is 0 Å². The average molecular weight is 397 g/mol. The van der Waals surface area contributed by atoms with Crippen molar-refractivity contribution in [3.63, 3.8) is 0 Å². The van der Waals surface area contributed by atoms with Gasteiger partial charge in [-0.2, -0.15) is 0 Å². The molecule has 2 heterocycles. The van der Waals surface area contributed by atoms with Crippen molar-refractivity contribution in [1.29, 1.82) is 0 Å². The number of hydrogen-bond donors (Lipinski definition) is 3. The van der Waals surface area contributed by atoms with Crippen molar-refractivity contribution in [3.05, 3.63) is 53.6 Å². The predicted octanol–water partition coefficient (Wildman–Crippen LogP) is 2.54. The Labute approximate surface area is 170 Å². The normalized spacial score (nSPS) is 25.9. The number of phenols is 1. The highest BCUT2D eigenvalue weighted by molar-refractivity contribution is 5.86. The average Bonchev–Trinajstić information content (AvgIpc) is 3.28. The Hall–Kier alpha value is -2.77. The quantitative estimate of drug-likeness (QED) is 0.695. The van der Waals surface area contributed by atoms with E-state index < -0.39 is 0 Å². The molecule has 29 heavy (non-hydrogen) atoms. The molecule has 0 aromatic heterocycles. The second-order valence-electron chi connectivity index (χ2n) is 7.47. The number of likely N-dealkylation sites (tertiary alicyclic amines) is 1. The van der Waals surface area contributed by atoms with Crippen LogP contribution in [0.15, 0.2) is 42.5 Å². The van der Waals surface area contributed by atoms with Crippen molar-refractivity contribution in [3.8, 4) is 17.2 Å². The maximum Gasteiger partial charge on any atom is 0.242 e. The van der Waals surface area contributed by atoms with Crippen molar-refractivity contribution in [1.82, 2.24) is 15.8 Å². The van der Waals surface area contributed by atoms with Crippen LogP contribution in [-0.2, 0) is 4.79 Å². The van der Waals surface area contributed by atoms with Gasteiger partial charge in [-0.1, -0.05) is 31.2 Å². The number of benzene rings is 2. The lowest BCUT2D eigenvalue weighted by molar-refractivity contribution is -0.130. The van der Waals surface area contributed by atoms with E-state index in [-0.39, 0.29) is 35.7 Å². The van der Waals surface area contributed by atoms with Gasteiger partial charge in [0.25, 0.3) is 0 Å². The summed E-state index contributed by atoms with van der Waals surface area (Å²) in [6.45, 7) is 2.74. The first-order valence-corrected chi connectivity index (χ1v) is 9.92. The summed E-state index contributed by atoms with van der Waals surface area (Å²) in [5, 5.41) is 10.4. The molecule has 0 radical (unpaired) electrons. The Balaban J connectivity index is 1.80. The van der Waals surface area contributed by atoms with E-state index in [1.165, 1.54) is 0 Å². The molecule has 2 aliphatic rings. The van der Waals surface area contributed by atoms with Gasteiger partial charge in [0, 0.05) is 18.0 Å². The van der Waals surface area contributed by atoms with Crippen LogP contribution in [0.3, 0.4) is 0 Å². The lowest BCUT2D eigenvalue weighted by Gasteiger charge is -2.31. The standard InChI is InChI=1S/C22H27N3O4/c1-4-11-25-21(13-9-10-16(28-2)17(12-13)29-3)18-19(23-24-20(18)22(25)27)14-7-5-6-8-15(14)26/h5-10,12,18-21,23-24,26H,4,11H2,1-3H3. The Morgan fingerprint density at radius 1 is 1.03 bits per heavy atom. The molecule has 154 valence electrons. The molecule has 4 atom stereocenters. The van der Waals surface area contributed by atoms with Crippen LogP contribution in [-0.4, -0.2) is 42.7 Å². The SMILES string of the molecule is CCCN1C(=O)C2NNC(c3ccccc3O)C2C1c1ccc(OC)c(OC)c1. The lowest BCUT2D eigenvalue weighted by atomic mass is 9.83. The Morgan fingerprint density at radius 3 is 2.45 bits per heavy atom. The first kappa shape index (κ1) is 19.5. The number of nitrogens with one attached hydrogen (secondary N) is 2. The van der Waals surface area contributed by atoms with E-state index in [9.17, 15) is 9.90 Å². The minimum Gasteiger partial charge on any atom is -0.508 e. The molecular formula is C22H27N3O4. The van der Waals surface area contributed by atoms with Crippen LogP contribution in [0.1, 0.15) is 36.6 Å². The first-order chi connectivity index (χ1) is 14.1. The van der Waals surface area contributed by atoms with Gasteiger partial charge < -0.3 is 19.5 Å². The lowest BCUT2D eigenvalue weighted by Crippen LogP contribution is -2.41. The van der Waals surface area contributed by atoms with Crippen LogP contribution < -0.4 is 20.3 Å². The fourth-order valence-corrected chi connectivity index (χ4v) is 4.64. The van der Waals surface area contributed by atoms with Crippen molar-refractivity contribution < 1.29 is 19.4 Å². The molecule has 0 spiro atoms. The van der Waals surface area contributed by atoms with Crippen LogP contribution in [0.4, 0.5) is 0 Å². The molecule has 2 saturated heterocycles.